The summed E-state index contributed by atoms with van der Waals surface area (Å²) >= 11 is 0. The molecule has 1 aliphatic heterocycles. The van der Waals surface area contributed by atoms with Gasteiger partial charge in [0.25, 0.3) is 0 Å². The topological polar surface area (TPSA) is 71.4 Å². The van der Waals surface area contributed by atoms with Crippen LogP contribution in [0.25, 0.3) is 10.9 Å². The molecule has 0 bridgehead atoms. The number of hydrogen-bond donors (Lipinski definition) is 2. The zero-order valence-corrected chi connectivity index (χ0v) is 12.5. The van der Waals surface area contributed by atoms with E-state index in [1.54, 1.807) is 7.11 Å². The fraction of sp³-hybridized carbons (Fsp3) is 0.400. The fourth-order valence-electron chi connectivity index (χ4n) is 2.46. The Hall–Kier alpha value is -2.37. The van der Waals surface area contributed by atoms with Crippen LogP contribution in [-0.2, 0) is 0 Å². The third-order valence-corrected chi connectivity index (χ3v) is 3.54. The minimum atomic E-state index is 0.560. The minimum absolute atomic E-state index is 0.560. The van der Waals surface area contributed by atoms with Gasteiger partial charge >= 0.3 is 0 Å². The monoisotopic (exact) mass is 285 g/mol. The second kappa shape index (κ2) is 5.55. The summed E-state index contributed by atoms with van der Waals surface area (Å²) in [5, 5.41) is 7.32. The predicted molar refractivity (Wildman–Crippen MR) is 84.1 cm³/mol. The molecule has 0 saturated heterocycles. The van der Waals surface area contributed by atoms with E-state index in [2.05, 4.69) is 25.6 Å². The van der Waals surface area contributed by atoms with Crippen LogP contribution in [0, 0.1) is 13.8 Å². The van der Waals surface area contributed by atoms with Crippen molar-refractivity contribution >= 4 is 22.8 Å². The Morgan fingerprint density at radius 3 is 2.81 bits per heavy atom. The second-order valence-corrected chi connectivity index (χ2v) is 5.08. The molecule has 2 aromatic rings. The highest BCUT2D eigenvalue weighted by molar-refractivity contribution is 5.95. The van der Waals surface area contributed by atoms with Crippen LogP contribution in [0.3, 0.4) is 0 Å². The summed E-state index contributed by atoms with van der Waals surface area (Å²) in [7, 11) is 1.66. The Balaban J connectivity index is 2.06. The summed E-state index contributed by atoms with van der Waals surface area (Å²) < 4.78 is 5.42. The third-order valence-electron chi connectivity index (χ3n) is 3.54. The number of aryl methyl sites for hydroxylation is 2. The number of ether oxygens (including phenoxy) is 1. The molecule has 0 fully saturated rings. The van der Waals surface area contributed by atoms with Gasteiger partial charge in [-0.15, -0.1) is 0 Å². The second-order valence-electron chi connectivity index (χ2n) is 5.08. The summed E-state index contributed by atoms with van der Waals surface area (Å²) in [6.07, 6.45) is 1.05. The van der Waals surface area contributed by atoms with Crippen LogP contribution in [0.1, 0.15) is 17.7 Å². The van der Waals surface area contributed by atoms with Gasteiger partial charge in [0.1, 0.15) is 5.75 Å². The average molecular weight is 285 g/mol. The van der Waals surface area contributed by atoms with E-state index in [0.717, 1.165) is 53.4 Å². The van der Waals surface area contributed by atoms with E-state index in [1.165, 1.54) is 0 Å². The molecular weight excluding hydrogens is 266 g/mol. The highest BCUT2D eigenvalue weighted by Crippen LogP contribution is 2.29. The molecule has 6 heteroatoms. The number of benzene rings is 1. The van der Waals surface area contributed by atoms with E-state index in [9.17, 15) is 0 Å². The summed E-state index contributed by atoms with van der Waals surface area (Å²) in [6.45, 7) is 5.75. The quantitative estimate of drug-likeness (QED) is 0.883. The standard InChI is InChI=1S/C15H19N5O/c1-9-5-6-11(21-3)12-10(2)18-15(19-13(9)12)20-14-16-7-4-8-17-14/h5-6H,4,7-8H2,1-3H3,(H2,16,17,18,19,20). The van der Waals surface area contributed by atoms with Crippen LogP contribution in [0.4, 0.5) is 5.95 Å². The Kier molecular flexibility index (Phi) is 3.60. The largest absolute Gasteiger partial charge is 0.496 e. The van der Waals surface area contributed by atoms with E-state index < -0.39 is 0 Å². The van der Waals surface area contributed by atoms with Gasteiger partial charge < -0.3 is 10.1 Å². The molecule has 0 aliphatic carbocycles. The van der Waals surface area contributed by atoms with Crippen molar-refractivity contribution in [2.45, 2.75) is 20.3 Å². The summed E-state index contributed by atoms with van der Waals surface area (Å²) in [5.74, 6) is 2.10. The maximum atomic E-state index is 5.42. The average Bonchev–Trinajstić information content (AvgIpc) is 2.49. The zero-order chi connectivity index (χ0) is 14.8. The first-order valence-electron chi connectivity index (χ1n) is 7.06. The highest BCUT2D eigenvalue weighted by Gasteiger charge is 2.13. The molecule has 0 radical (unpaired) electrons. The lowest BCUT2D eigenvalue weighted by Crippen LogP contribution is -2.35. The van der Waals surface area contributed by atoms with Gasteiger partial charge in [-0.05, 0) is 31.9 Å². The molecule has 1 aliphatic rings. The Labute approximate surface area is 123 Å². The van der Waals surface area contributed by atoms with Crippen LogP contribution in [0.2, 0.25) is 0 Å². The van der Waals surface area contributed by atoms with Crippen molar-refractivity contribution in [2.75, 3.05) is 25.5 Å². The van der Waals surface area contributed by atoms with E-state index in [4.69, 9.17) is 4.74 Å². The van der Waals surface area contributed by atoms with Crippen molar-refractivity contribution in [3.8, 4) is 5.75 Å². The fourth-order valence-corrected chi connectivity index (χ4v) is 2.46. The van der Waals surface area contributed by atoms with Gasteiger partial charge in [-0.1, -0.05) is 6.07 Å². The van der Waals surface area contributed by atoms with Crippen molar-refractivity contribution in [1.29, 1.82) is 0 Å². The number of nitrogens with one attached hydrogen (secondary N) is 2. The number of aliphatic imine (C=N–C) groups is 1. The molecule has 21 heavy (non-hydrogen) atoms. The number of nitrogens with zero attached hydrogens (tertiary/aromatic N) is 3. The van der Waals surface area contributed by atoms with Crippen LogP contribution in [0.5, 0.6) is 5.75 Å². The molecule has 0 unspecified atom stereocenters. The maximum Gasteiger partial charge on any atom is 0.230 e. The van der Waals surface area contributed by atoms with E-state index >= 15 is 0 Å². The summed E-state index contributed by atoms with van der Waals surface area (Å²) in [6, 6.07) is 3.96. The van der Waals surface area contributed by atoms with Gasteiger partial charge in [-0.25, -0.2) is 9.97 Å². The lowest BCUT2D eigenvalue weighted by Gasteiger charge is -2.16. The maximum absolute atomic E-state index is 5.42. The van der Waals surface area contributed by atoms with Crippen LogP contribution >= 0.6 is 0 Å². The molecule has 1 aromatic heterocycles. The summed E-state index contributed by atoms with van der Waals surface area (Å²) in [5.41, 5.74) is 2.89. The molecule has 6 nitrogen and oxygen atoms in total. The van der Waals surface area contributed by atoms with Crippen LogP contribution in [-0.4, -0.2) is 36.1 Å². The van der Waals surface area contributed by atoms with Crippen LogP contribution < -0.4 is 15.4 Å². The van der Waals surface area contributed by atoms with Gasteiger partial charge in [-0.3, -0.25) is 10.3 Å². The first-order chi connectivity index (χ1) is 10.2. The molecular formula is C15H19N5O. The van der Waals surface area contributed by atoms with Crippen molar-refractivity contribution in [3.63, 3.8) is 0 Å². The van der Waals surface area contributed by atoms with Crippen molar-refractivity contribution in [1.82, 2.24) is 15.3 Å². The van der Waals surface area contributed by atoms with Crippen molar-refractivity contribution in [2.24, 2.45) is 4.99 Å². The molecule has 2 heterocycles. The van der Waals surface area contributed by atoms with Gasteiger partial charge in [0.05, 0.1) is 23.7 Å². The molecule has 1 aromatic carbocycles. The number of guanidine groups is 1. The van der Waals surface area contributed by atoms with E-state index in [1.807, 2.05) is 26.0 Å². The van der Waals surface area contributed by atoms with E-state index in [-0.39, 0.29) is 0 Å². The Morgan fingerprint density at radius 1 is 1.24 bits per heavy atom. The normalized spacial score (nSPS) is 14.5. The Morgan fingerprint density at radius 2 is 2.10 bits per heavy atom. The Bertz CT molecular complexity index is 711. The smallest absolute Gasteiger partial charge is 0.230 e. The molecule has 2 N–H and O–H groups in total. The van der Waals surface area contributed by atoms with Gasteiger partial charge in [-0.2, -0.15) is 0 Å². The third kappa shape index (κ3) is 2.61. The predicted octanol–water partition coefficient (Wildman–Crippen LogP) is 2.02. The lowest BCUT2D eigenvalue weighted by atomic mass is 10.1. The van der Waals surface area contributed by atoms with E-state index in [0.29, 0.717) is 5.95 Å². The zero-order valence-electron chi connectivity index (χ0n) is 12.5. The number of rotatable bonds is 2. The van der Waals surface area contributed by atoms with Crippen LogP contribution in [0.15, 0.2) is 17.1 Å². The SMILES string of the molecule is COc1ccc(C)c2nc(NC3=NCCCN3)nc(C)c12. The minimum Gasteiger partial charge on any atom is -0.496 e. The van der Waals surface area contributed by atoms with Gasteiger partial charge in [0, 0.05) is 13.1 Å². The number of fused-ring (bicyclic) bond motifs is 1. The number of aromatic nitrogens is 2. The van der Waals surface area contributed by atoms with Crippen molar-refractivity contribution in [3.05, 3.63) is 23.4 Å². The number of hydrogen-bond acceptors (Lipinski definition) is 6. The number of methoxy groups -OCH3 is 1. The molecule has 0 spiro atoms. The van der Waals surface area contributed by atoms with Crippen molar-refractivity contribution < 1.29 is 4.74 Å². The van der Waals surface area contributed by atoms with Gasteiger partial charge in [0.2, 0.25) is 5.95 Å². The lowest BCUT2D eigenvalue weighted by molar-refractivity contribution is 0.419. The molecule has 3 rings (SSSR count). The molecule has 110 valence electrons. The number of anilines is 1. The summed E-state index contributed by atoms with van der Waals surface area (Å²) in [4.78, 5) is 13.5. The first-order valence-corrected chi connectivity index (χ1v) is 7.06. The molecule has 0 saturated carbocycles. The molecule has 0 atom stereocenters. The molecule has 0 amide bonds. The highest BCUT2D eigenvalue weighted by atomic mass is 16.5. The van der Waals surface area contributed by atoms with Gasteiger partial charge in [0.15, 0.2) is 5.96 Å². The first kappa shape index (κ1) is 13.6.